The van der Waals surface area contributed by atoms with Crippen molar-refractivity contribution >= 4 is 22.3 Å². The maximum absolute atomic E-state index is 15.3. The smallest absolute Gasteiger partial charge is 0.290 e. The van der Waals surface area contributed by atoms with E-state index in [1.54, 1.807) is 50.2 Å². The van der Waals surface area contributed by atoms with E-state index in [1.165, 1.54) is 31.6 Å². The number of pyridine rings is 1. The van der Waals surface area contributed by atoms with Gasteiger partial charge in [0.15, 0.2) is 0 Å². The van der Waals surface area contributed by atoms with Crippen molar-refractivity contribution in [3.8, 4) is 22.7 Å². The third-order valence-electron chi connectivity index (χ3n) is 7.36. The van der Waals surface area contributed by atoms with Gasteiger partial charge in [0.25, 0.3) is 11.1 Å². The number of aryl methyl sites for hydroxylation is 1. The number of rotatable bonds is 8. The lowest BCUT2D eigenvalue weighted by Crippen LogP contribution is -2.32. The first-order valence-electron chi connectivity index (χ1n) is 14.3. The molecular formula is C33H35FN6O5. The van der Waals surface area contributed by atoms with Crippen LogP contribution in [0.25, 0.3) is 27.7 Å². The average molecular weight is 615 g/mol. The number of benzene rings is 2. The molecule has 0 unspecified atom stereocenters. The molecule has 5 rings (SSSR count). The molecule has 0 radical (unpaired) electrons. The largest absolute Gasteiger partial charge is 0.484 e. The van der Waals surface area contributed by atoms with Gasteiger partial charge in [-0.15, -0.1) is 0 Å². The number of hydrogen-bond acceptors (Lipinski definition) is 9. The quantitative estimate of drug-likeness (QED) is 0.232. The van der Waals surface area contributed by atoms with Crippen LogP contribution in [0.4, 0.5) is 15.9 Å². The van der Waals surface area contributed by atoms with Crippen molar-refractivity contribution in [1.82, 2.24) is 24.5 Å². The zero-order valence-corrected chi connectivity index (χ0v) is 25.9. The highest BCUT2D eigenvalue weighted by atomic mass is 19.1. The van der Waals surface area contributed by atoms with Crippen molar-refractivity contribution in [3.63, 3.8) is 0 Å². The van der Waals surface area contributed by atoms with Crippen LogP contribution in [0.15, 0.2) is 70.5 Å². The average Bonchev–Trinajstić information content (AvgIpc) is 2.99. The minimum Gasteiger partial charge on any atom is -0.484 e. The molecule has 0 atom stereocenters. The van der Waals surface area contributed by atoms with Gasteiger partial charge in [0, 0.05) is 23.6 Å². The highest BCUT2D eigenvalue weighted by Gasteiger charge is 2.22. The molecule has 0 saturated carbocycles. The summed E-state index contributed by atoms with van der Waals surface area (Å²) < 4.78 is 23.2. The number of ether oxygens (including phenoxy) is 1. The fourth-order valence-electron chi connectivity index (χ4n) is 4.85. The van der Waals surface area contributed by atoms with Crippen LogP contribution < -0.4 is 21.2 Å². The Morgan fingerprint density at radius 3 is 2.38 bits per heavy atom. The Morgan fingerprint density at radius 2 is 1.73 bits per heavy atom. The predicted octanol–water partition coefficient (Wildman–Crippen LogP) is 4.36. The topological polar surface area (TPSA) is 144 Å². The van der Waals surface area contributed by atoms with Crippen molar-refractivity contribution in [2.75, 3.05) is 11.9 Å². The number of aromatic nitrogens is 5. The van der Waals surface area contributed by atoms with Crippen molar-refractivity contribution in [2.45, 2.75) is 52.2 Å². The molecule has 2 aromatic carbocycles. The number of aliphatic hydroxyl groups is 2. The standard InChI is InChI=1S/C33H35FN6O5/c1-32(2,3)20-12-19-15-36-40(31(44)29(19)24(34)13-20)27-9-7-8-22(23(27)17-41)25-14-26(30(43)39(6)38-25)37-28-11-10-21(16-35-28)45-33(4,5)18-42/h7-16,41-42H,17-18H2,1-6H3,(H,35,37). The molecule has 0 fully saturated rings. The van der Waals surface area contributed by atoms with E-state index in [0.29, 0.717) is 33.8 Å². The van der Waals surface area contributed by atoms with Gasteiger partial charge < -0.3 is 20.3 Å². The Labute approximate surface area is 258 Å². The van der Waals surface area contributed by atoms with E-state index in [-0.39, 0.29) is 28.8 Å². The zero-order chi connectivity index (χ0) is 32.7. The van der Waals surface area contributed by atoms with Gasteiger partial charge in [0.05, 0.1) is 42.4 Å². The Morgan fingerprint density at radius 1 is 0.978 bits per heavy atom. The number of aliphatic hydroxyl groups excluding tert-OH is 2. The van der Waals surface area contributed by atoms with E-state index in [0.717, 1.165) is 14.9 Å². The second-order valence-corrected chi connectivity index (χ2v) is 12.4. The van der Waals surface area contributed by atoms with Gasteiger partial charge in [-0.2, -0.15) is 14.9 Å². The second-order valence-electron chi connectivity index (χ2n) is 12.4. The summed E-state index contributed by atoms with van der Waals surface area (Å²) in [7, 11) is 1.49. The third-order valence-corrected chi connectivity index (χ3v) is 7.36. The van der Waals surface area contributed by atoms with Crippen molar-refractivity contribution in [3.05, 3.63) is 98.6 Å². The van der Waals surface area contributed by atoms with Crippen LogP contribution in [0.1, 0.15) is 45.7 Å². The lowest BCUT2D eigenvalue weighted by Gasteiger charge is -2.23. The van der Waals surface area contributed by atoms with E-state index in [1.807, 2.05) is 20.8 Å². The molecule has 0 amide bonds. The Bertz CT molecular complexity index is 2010. The number of halogens is 1. The predicted molar refractivity (Wildman–Crippen MR) is 170 cm³/mol. The fraction of sp³-hybridized carbons (Fsp3) is 0.303. The first-order chi connectivity index (χ1) is 21.2. The molecule has 3 aromatic heterocycles. The second kappa shape index (κ2) is 11.9. The van der Waals surface area contributed by atoms with Gasteiger partial charge in [-0.1, -0.05) is 32.9 Å². The first-order valence-corrected chi connectivity index (χ1v) is 14.3. The number of anilines is 2. The van der Waals surface area contributed by atoms with Crippen LogP contribution >= 0.6 is 0 Å². The van der Waals surface area contributed by atoms with Gasteiger partial charge in [-0.3, -0.25) is 9.59 Å². The molecule has 0 saturated heterocycles. The summed E-state index contributed by atoms with van der Waals surface area (Å²) in [6.45, 7) is 8.67. The molecule has 234 valence electrons. The highest BCUT2D eigenvalue weighted by molar-refractivity contribution is 5.83. The van der Waals surface area contributed by atoms with E-state index in [9.17, 15) is 19.8 Å². The summed E-state index contributed by atoms with van der Waals surface area (Å²) in [6, 6.07) is 12.9. The first kappa shape index (κ1) is 31.5. The molecule has 0 bridgehead atoms. The lowest BCUT2D eigenvalue weighted by molar-refractivity contribution is 0.0410. The summed E-state index contributed by atoms with van der Waals surface area (Å²) >= 11 is 0. The molecule has 3 N–H and O–H groups in total. The van der Waals surface area contributed by atoms with E-state index < -0.39 is 29.1 Å². The van der Waals surface area contributed by atoms with Gasteiger partial charge in [0.1, 0.15) is 28.7 Å². The Balaban J connectivity index is 1.55. The minimum atomic E-state index is -0.789. The molecule has 11 nitrogen and oxygen atoms in total. The Kier molecular flexibility index (Phi) is 8.30. The molecule has 3 heterocycles. The van der Waals surface area contributed by atoms with E-state index >= 15 is 4.39 Å². The summed E-state index contributed by atoms with van der Waals surface area (Å²) in [4.78, 5) is 30.9. The van der Waals surface area contributed by atoms with E-state index in [2.05, 4.69) is 20.5 Å². The molecule has 5 aromatic rings. The molecule has 12 heteroatoms. The fourth-order valence-corrected chi connectivity index (χ4v) is 4.85. The zero-order valence-electron chi connectivity index (χ0n) is 25.9. The minimum absolute atomic E-state index is 0.108. The summed E-state index contributed by atoms with van der Waals surface area (Å²) in [5, 5.41) is 31.9. The SMILES string of the molecule is Cn1nc(-c2cccc(-n3ncc4cc(C(C)(C)C)cc(F)c4c3=O)c2CO)cc(Nc2ccc(OC(C)(C)CO)cn2)c1=O. The maximum atomic E-state index is 15.3. The molecule has 0 spiro atoms. The lowest BCUT2D eigenvalue weighted by atomic mass is 9.86. The van der Waals surface area contributed by atoms with Crippen molar-refractivity contribution in [2.24, 2.45) is 7.05 Å². The molecule has 45 heavy (non-hydrogen) atoms. The molecular weight excluding hydrogens is 579 g/mol. The van der Waals surface area contributed by atoms with Crippen LogP contribution in [-0.4, -0.2) is 47.0 Å². The molecule has 0 aliphatic rings. The van der Waals surface area contributed by atoms with Crippen LogP contribution in [-0.2, 0) is 19.1 Å². The van der Waals surface area contributed by atoms with Crippen molar-refractivity contribution < 1.29 is 19.3 Å². The molecule has 0 aliphatic heterocycles. The van der Waals surface area contributed by atoms with Crippen LogP contribution in [0.2, 0.25) is 0 Å². The van der Waals surface area contributed by atoms with Crippen LogP contribution in [0.3, 0.4) is 0 Å². The summed E-state index contributed by atoms with van der Waals surface area (Å²) in [6.07, 6.45) is 2.91. The van der Waals surface area contributed by atoms with Crippen molar-refractivity contribution in [1.29, 1.82) is 0 Å². The van der Waals surface area contributed by atoms with Crippen LogP contribution in [0.5, 0.6) is 5.75 Å². The third kappa shape index (κ3) is 6.33. The van der Waals surface area contributed by atoms with E-state index in [4.69, 9.17) is 4.74 Å². The van der Waals surface area contributed by atoms with Gasteiger partial charge >= 0.3 is 0 Å². The normalized spacial score (nSPS) is 12.0. The number of fused-ring (bicyclic) bond motifs is 1. The Hall–Kier alpha value is -4.94. The van der Waals surface area contributed by atoms with Gasteiger partial charge in [-0.25, -0.2) is 14.1 Å². The van der Waals surface area contributed by atoms with Crippen LogP contribution in [0, 0.1) is 5.82 Å². The molecule has 0 aliphatic carbocycles. The monoisotopic (exact) mass is 614 g/mol. The number of hydrogen-bond donors (Lipinski definition) is 3. The summed E-state index contributed by atoms with van der Waals surface area (Å²) in [5.41, 5.74) is -0.0101. The van der Waals surface area contributed by atoms with Gasteiger partial charge in [0.2, 0.25) is 0 Å². The maximum Gasteiger partial charge on any atom is 0.290 e. The number of nitrogens with zero attached hydrogens (tertiary/aromatic N) is 5. The highest BCUT2D eigenvalue weighted by Crippen LogP contribution is 2.30. The summed E-state index contributed by atoms with van der Waals surface area (Å²) in [5.74, 6) is 0.151. The van der Waals surface area contributed by atoms with Gasteiger partial charge in [-0.05, 0) is 61.2 Å². The number of nitrogens with one attached hydrogen (secondary N) is 1.